The summed E-state index contributed by atoms with van der Waals surface area (Å²) < 4.78 is 7.44. The summed E-state index contributed by atoms with van der Waals surface area (Å²) in [5.74, 6) is 0.640. The summed E-state index contributed by atoms with van der Waals surface area (Å²) in [6.45, 7) is 4.45. The maximum absolute atomic E-state index is 12.7. The van der Waals surface area contributed by atoms with Crippen LogP contribution in [0.25, 0.3) is 11.0 Å². The Kier molecular flexibility index (Phi) is 3.76. The molecule has 4 aromatic rings. The Morgan fingerprint density at radius 3 is 2.73 bits per heavy atom. The molecule has 0 saturated carbocycles. The fraction of sp³-hybridized carbons (Fsp3) is 0.158. The zero-order valence-corrected chi connectivity index (χ0v) is 14.4. The van der Waals surface area contributed by atoms with Crippen LogP contribution in [-0.2, 0) is 6.54 Å². The smallest absolute Gasteiger partial charge is 0.323 e. The van der Waals surface area contributed by atoms with Gasteiger partial charge in [-0.3, -0.25) is 4.79 Å². The van der Waals surface area contributed by atoms with Crippen molar-refractivity contribution in [1.82, 2.24) is 14.5 Å². The molecule has 132 valence electrons. The Morgan fingerprint density at radius 1 is 1.15 bits per heavy atom. The summed E-state index contributed by atoms with van der Waals surface area (Å²) >= 11 is 0. The SMILES string of the molecule is Cc1cc(C(=O)Nc2ccc3[nH]c(=O)[nH]c3c2)c(C)n1Cc1ccco1. The van der Waals surface area contributed by atoms with E-state index in [0.29, 0.717) is 28.8 Å². The molecule has 26 heavy (non-hydrogen) atoms. The molecular weight excluding hydrogens is 332 g/mol. The Hall–Kier alpha value is -3.48. The van der Waals surface area contributed by atoms with Crippen LogP contribution in [0.1, 0.15) is 27.5 Å². The number of furan rings is 1. The zero-order valence-electron chi connectivity index (χ0n) is 14.4. The third-order valence-corrected chi connectivity index (χ3v) is 4.49. The van der Waals surface area contributed by atoms with Crippen molar-refractivity contribution in [2.75, 3.05) is 5.32 Å². The average Bonchev–Trinajstić information content (AvgIpc) is 3.30. The number of carbonyl (C=O) groups is 1. The third-order valence-electron chi connectivity index (χ3n) is 4.49. The van der Waals surface area contributed by atoms with Gasteiger partial charge in [0.25, 0.3) is 5.91 Å². The van der Waals surface area contributed by atoms with Crippen LogP contribution in [0.5, 0.6) is 0 Å². The van der Waals surface area contributed by atoms with E-state index in [1.165, 1.54) is 0 Å². The summed E-state index contributed by atoms with van der Waals surface area (Å²) in [5.41, 5.74) is 4.15. The van der Waals surface area contributed by atoms with E-state index in [-0.39, 0.29) is 11.6 Å². The number of hydrogen-bond donors (Lipinski definition) is 3. The van der Waals surface area contributed by atoms with Crippen molar-refractivity contribution < 1.29 is 9.21 Å². The van der Waals surface area contributed by atoms with Gasteiger partial charge < -0.3 is 24.3 Å². The zero-order chi connectivity index (χ0) is 18.3. The molecule has 0 aliphatic carbocycles. The highest BCUT2D eigenvalue weighted by Gasteiger charge is 2.17. The first kappa shape index (κ1) is 16.0. The van der Waals surface area contributed by atoms with Crippen molar-refractivity contribution in [2.24, 2.45) is 0 Å². The normalized spacial score (nSPS) is 11.2. The van der Waals surface area contributed by atoms with Gasteiger partial charge >= 0.3 is 5.69 Å². The number of benzene rings is 1. The highest BCUT2D eigenvalue weighted by molar-refractivity contribution is 6.06. The summed E-state index contributed by atoms with van der Waals surface area (Å²) in [6, 6.07) is 10.9. The maximum Gasteiger partial charge on any atom is 0.323 e. The Morgan fingerprint density at radius 2 is 1.96 bits per heavy atom. The number of fused-ring (bicyclic) bond motifs is 1. The van der Waals surface area contributed by atoms with E-state index < -0.39 is 0 Å². The highest BCUT2D eigenvalue weighted by Crippen LogP contribution is 2.20. The van der Waals surface area contributed by atoms with Crippen molar-refractivity contribution in [1.29, 1.82) is 0 Å². The lowest BCUT2D eigenvalue weighted by Gasteiger charge is -2.08. The number of hydrogen-bond acceptors (Lipinski definition) is 3. The molecular formula is C19H18N4O3. The molecule has 3 aromatic heterocycles. The van der Waals surface area contributed by atoms with Crippen LogP contribution in [0, 0.1) is 13.8 Å². The lowest BCUT2D eigenvalue weighted by atomic mass is 10.2. The van der Waals surface area contributed by atoms with E-state index >= 15 is 0 Å². The minimum Gasteiger partial charge on any atom is -0.467 e. The van der Waals surface area contributed by atoms with Gasteiger partial charge in [-0.2, -0.15) is 0 Å². The molecule has 0 saturated heterocycles. The molecule has 0 bridgehead atoms. The van der Waals surface area contributed by atoms with Crippen molar-refractivity contribution >= 4 is 22.6 Å². The Bertz CT molecular complexity index is 1150. The van der Waals surface area contributed by atoms with Gasteiger partial charge in [0, 0.05) is 17.1 Å². The number of imidazole rings is 1. The molecule has 0 atom stereocenters. The van der Waals surface area contributed by atoms with Gasteiger partial charge in [-0.05, 0) is 50.2 Å². The number of amides is 1. The van der Waals surface area contributed by atoms with Gasteiger partial charge in [0.1, 0.15) is 5.76 Å². The maximum atomic E-state index is 12.7. The van der Waals surface area contributed by atoms with Crippen molar-refractivity contribution in [3.63, 3.8) is 0 Å². The second kappa shape index (κ2) is 6.11. The standard InChI is InChI=1S/C19H18N4O3/c1-11-8-15(12(2)23(11)10-14-4-3-7-26-14)18(24)20-13-5-6-16-17(9-13)22-19(25)21-16/h3-9H,10H2,1-2H3,(H,20,24)(H2,21,22,25). The first-order valence-electron chi connectivity index (χ1n) is 8.24. The number of nitrogens with zero attached hydrogens (tertiary/aromatic N) is 1. The fourth-order valence-electron chi connectivity index (χ4n) is 3.14. The van der Waals surface area contributed by atoms with Crippen LogP contribution in [0.3, 0.4) is 0 Å². The first-order valence-corrected chi connectivity index (χ1v) is 8.24. The van der Waals surface area contributed by atoms with Gasteiger partial charge in [0.05, 0.1) is 29.4 Å². The minimum atomic E-state index is -0.273. The monoisotopic (exact) mass is 350 g/mol. The Balaban J connectivity index is 1.60. The first-order chi connectivity index (χ1) is 12.5. The van der Waals surface area contributed by atoms with Crippen molar-refractivity contribution in [3.05, 3.63) is 75.9 Å². The predicted octanol–water partition coefficient (Wildman–Crippen LogP) is 3.17. The fourth-order valence-corrected chi connectivity index (χ4v) is 3.14. The van der Waals surface area contributed by atoms with E-state index in [4.69, 9.17) is 4.42 Å². The summed E-state index contributed by atoms with van der Waals surface area (Å²) in [6.07, 6.45) is 1.64. The molecule has 7 nitrogen and oxygen atoms in total. The lowest BCUT2D eigenvalue weighted by Crippen LogP contribution is -2.13. The van der Waals surface area contributed by atoms with Crippen LogP contribution in [0.2, 0.25) is 0 Å². The molecule has 0 aliphatic heterocycles. The quantitative estimate of drug-likeness (QED) is 0.527. The molecule has 0 spiro atoms. The molecule has 7 heteroatoms. The largest absolute Gasteiger partial charge is 0.467 e. The molecule has 0 radical (unpaired) electrons. The number of carbonyl (C=O) groups excluding carboxylic acids is 1. The summed E-state index contributed by atoms with van der Waals surface area (Å²) in [5, 5.41) is 2.89. The Labute approximate surface area is 148 Å². The lowest BCUT2D eigenvalue weighted by molar-refractivity contribution is 0.102. The highest BCUT2D eigenvalue weighted by atomic mass is 16.3. The van der Waals surface area contributed by atoms with E-state index in [1.807, 2.05) is 36.6 Å². The third kappa shape index (κ3) is 2.83. The number of aromatic nitrogens is 3. The number of aryl methyl sites for hydroxylation is 1. The van der Waals surface area contributed by atoms with Crippen LogP contribution in [-0.4, -0.2) is 20.4 Å². The van der Waals surface area contributed by atoms with Crippen LogP contribution < -0.4 is 11.0 Å². The van der Waals surface area contributed by atoms with Gasteiger partial charge in [-0.25, -0.2) is 4.79 Å². The second-order valence-electron chi connectivity index (χ2n) is 6.24. The van der Waals surface area contributed by atoms with Crippen molar-refractivity contribution in [2.45, 2.75) is 20.4 Å². The molecule has 1 amide bonds. The summed E-state index contributed by atoms with van der Waals surface area (Å²) in [7, 11) is 0. The van der Waals surface area contributed by atoms with Gasteiger partial charge in [-0.1, -0.05) is 0 Å². The van der Waals surface area contributed by atoms with E-state index in [0.717, 1.165) is 17.1 Å². The van der Waals surface area contributed by atoms with Gasteiger partial charge in [-0.15, -0.1) is 0 Å². The minimum absolute atomic E-state index is 0.193. The predicted molar refractivity (Wildman–Crippen MR) is 98.6 cm³/mol. The number of rotatable bonds is 4. The summed E-state index contributed by atoms with van der Waals surface area (Å²) in [4.78, 5) is 29.4. The number of anilines is 1. The molecule has 4 rings (SSSR count). The van der Waals surface area contributed by atoms with Crippen LogP contribution in [0.4, 0.5) is 5.69 Å². The van der Waals surface area contributed by atoms with Crippen LogP contribution >= 0.6 is 0 Å². The molecule has 3 N–H and O–H groups in total. The topological polar surface area (TPSA) is 95.8 Å². The van der Waals surface area contributed by atoms with E-state index in [9.17, 15) is 9.59 Å². The number of aromatic amines is 2. The number of H-pyrrole nitrogens is 2. The average molecular weight is 350 g/mol. The molecule has 0 unspecified atom stereocenters. The molecule has 0 fully saturated rings. The number of nitrogens with one attached hydrogen (secondary N) is 3. The van der Waals surface area contributed by atoms with E-state index in [1.54, 1.807) is 24.5 Å². The molecule has 3 heterocycles. The van der Waals surface area contributed by atoms with Gasteiger partial charge in [0.15, 0.2) is 0 Å². The van der Waals surface area contributed by atoms with Gasteiger partial charge in [0.2, 0.25) is 0 Å². The molecule has 0 aliphatic rings. The molecule has 1 aromatic carbocycles. The second-order valence-corrected chi connectivity index (χ2v) is 6.24. The van der Waals surface area contributed by atoms with Crippen LogP contribution in [0.15, 0.2) is 51.9 Å². The van der Waals surface area contributed by atoms with Crippen molar-refractivity contribution in [3.8, 4) is 0 Å². The van der Waals surface area contributed by atoms with E-state index in [2.05, 4.69) is 15.3 Å².